The van der Waals surface area contributed by atoms with Gasteiger partial charge in [-0.1, -0.05) is 18.0 Å². The van der Waals surface area contributed by atoms with Crippen LogP contribution in [0.1, 0.15) is 37.5 Å². The number of hydrogen-bond acceptors (Lipinski definition) is 5. The molecule has 3 rings (SSSR count). The molecule has 6 heteroatoms. The molecule has 1 atom stereocenters. The Labute approximate surface area is 113 Å². The third-order valence-electron chi connectivity index (χ3n) is 3.16. The smallest absolute Gasteiger partial charge is 0.262 e. The van der Waals surface area contributed by atoms with E-state index in [2.05, 4.69) is 31.4 Å². The SMILES string of the molecule is Brc1occc1-c1nc(C2CCCCCN2)no1. The Morgan fingerprint density at radius 2 is 2.28 bits per heavy atom. The molecule has 1 N–H and O–H groups in total. The molecule has 0 radical (unpaired) electrons. The van der Waals surface area contributed by atoms with Crippen LogP contribution in [0.5, 0.6) is 0 Å². The normalized spacial score (nSPS) is 20.8. The zero-order valence-corrected chi connectivity index (χ0v) is 11.4. The van der Waals surface area contributed by atoms with Gasteiger partial charge in [-0.05, 0) is 41.4 Å². The molecule has 1 saturated heterocycles. The fourth-order valence-corrected chi connectivity index (χ4v) is 2.59. The Bertz CT molecular complexity index is 515. The number of halogens is 1. The van der Waals surface area contributed by atoms with E-state index in [0.29, 0.717) is 10.6 Å². The van der Waals surface area contributed by atoms with Crippen LogP contribution >= 0.6 is 15.9 Å². The topological polar surface area (TPSA) is 64.1 Å². The molecule has 1 aliphatic rings. The second-order valence-electron chi connectivity index (χ2n) is 4.42. The molecule has 0 amide bonds. The summed E-state index contributed by atoms with van der Waals surface area (Å²) in [5.74, 6) is 1.23. The van der Waals surface area contributed by atoms with Crippen LogP contribution < -0.4 is 5.32 Å². The van der Waals surface area contributed by atoms with Gasteiger partial charge in [0.15, 0.2) is 10.5 Å². The fraction of sp³-hybridized carbons (Fsp3) is 0.500. The van der Waals surface area contributed by atoms with Crippen molar-refractivity contribution in [3.05, 3.63) is 22.8 Å². The van der Waals surface area contributed by atoms with Crippen LogP contribution in [0.15, 0.2) is 25.9 Å². The van der Waals surface area contributed by atoms with Crippen LogP contribution in [0, 0.1) is 0 Å². The summed E-state index contributed by atoms with van der Waals surface area (Å²) in [5, 5.41) is 7.52. The number of furan rings is 1. The van der Waals surface area contributed by atoms with E-state index in [1.807, 2.05) is 6.07 Å². The van der Waals surface area contributed by atoms with Gasteiger partial charge < -0.3 is 14.3 Å². The van der Waals surface area contributed by atoms with Gasteiger partial charge in [0.1, 0.15) is 0 Å². The van der Waals surface area contributed by atoms with Crippen molar-refractivity contribution in [2.24, 2.45) is 0 Å². The van der Waals surface area contributed by atoms with Gasteiger partial charge in [-0.2, -0.15) is 4.98 Å². The Hall–Kier alpha value is -1.14. The van der Waals surface area contributed by atoms with E-state index >= 15 is 0 Å². The fourth-order valence-electron chi connectivity index (χ4n) is 2.18. The molecule has 18 heavy (non-hydrogen) atoms. The maximum absolute atomic E-state index is 5.29. The Kier molecular flexibility index (Phi) is 3.47. The van der Waals surface area contributed by atoms with Crippen LogP contribution in [-0.2, 0) is 0 Å². The van der Waals surface area contributed by atoms with Crippen LogP contribution in [-0.4, -0.2) is 16.7 Å². The Balaban J connectivity index is 1.82. The van der Waals surface area contributed by atoms with E-state index in [0.717, 1.165) is 24.4 Å². The second-order valence-corrected chi connectivity index (χ2v) is 5.14. The number of aromatic nitrogens is 2. The summed E-state index contributed by atoms with van der Waals surface area (Å²) in [6, 6.07) is 2.01. The van der Waals surface area contributed by atoms with Crippen molar-refractivity contribution in [3.8, 4) is 11.5 Å². The van der Waals surface area contributed by atoms with Crippen LogP contribution in [0.25, 0.3) is 11.5 Å². The first-order valence-corrected chi connectivity index (χ1v) is 6.94. The lowest BCUT2D eigenvalue weighted by Gasteiger charge is -2.09. The molecule has 1 aliphatic heterocycles. The number of nitrogens with one attached hydrogen (secondary N) is 1. The van der Waals surface area contributed by atoms with Gasteiger partial charge in [0.2, 0.25) is 0 Å². The number of rotatable bonds is 2. The van der Waals surface area contributed by atoms with Gasteiger partial charge in [-0.15, -0.1) is 0 Å². The molecule has 0 saturated carbocycles. The number of hydrogen-bond donors (Lipinski definition) is 1. The van der Waals surface area contributed by atoms with Crippen molar-refractivity contribution in [2.75, 3.05) is 6.54 Å². The minimum absolute atomic E-state index is 0.204. The molecule has 0 spiro atoms. The third-order valence-corrected chi connectivity index (χ3v) is 3.78. The Morgan fingerprint density at radius 3 is 3.11 bits per heavy atom. The zero-order valence-electron chi connectivity index (χ0n) is 9.86. The molecule has 5 nitrogen and oxygen atoms in total. The maximum atomic E-state index is 5.29. The summed E-state index contributed by atoms with van der Waals surface area (Å²) in [6.45, 7) is 1.02. The summed E-state index contributed by atoms with van der Waals surface area (Å²) in [4.78, 5) is 4.45. The Morgan fingerprint density at radius 1 is 1.33 bits per heavy atom. The third kappa shape index (κ3) is 2.35. The highest BCUT2D eigenvalue weighted by molar-refractivity contribution is 9.10. The highest BCUT2D eigenvalue weighted by Crippen LogP contribution is 2.29. The first-order valence-electron chi connectivity index (χ1n) is 6.15. The standard InChI is InChI=1S/C12H14BrN3O2/c13-10-8(5-7-17-10)12-15-11(16-18-12)9-4-2-1-3-6-14-9/h5,7,9,14H,1-4,6H2. The lowest BCUT2D eigenvalue weighted by molar-refractivity contribution is 0.401. The van der Waals surface area contributed by atoms with Crippen LogP contribution in [0.2, 0.25) is 0 Å². The van der Waals surface area contributed by atoms with E-state index in [1.165, 1.54) is 19.3 Å². The van der Waals surface area contributed by atoms with Crippen molar-refractivity contribution >= 4 is 15.9 Å². The molecule has 0 bridgehead atoms. The van der Waals surface area contributed by atoms with Gasteiger partial charge in [0.05, 0.1) is 17.9 Å². The van der Waals surface area contributed by atoms with Crippen molar-refractivity contribution in [1.29, 1.82) is 0 Å². The largest absolute Gasteiger partial charge is 0.457 e. The molecular weight excluding hydrogens is 298 g/mol. The lowest BCUT2D eigenvalue weighted by Crippen LogP contribution is -2.21. The molecule has 0 aliphatic carbocycles. The average molecular weight is 312 g/mol. The zero-order chi connectivity index (χ0) is 12.4. The minimum Gasteiger partial charge on any atom is -0.457 e. The van der Waals surface area contributed by atoms with E-state index in [9.17, 15) is 0 Å². The van der Waals surface area contributed by atoms with E-state index < -0.39 is 0 Å². The minimum atomic E-state index is 0.204. The average Bonchev–Trinajstić information content (AvgIpc) is 2.91. The van der Waals surface area contributed by atoms with Gasteiger partial charge in [-0.25, -0.2) is 0 Å². The predicted molar refractivity (Wildman–Crippen MR) is 68.9 cm³/mol. The van der Waals surface area contributed by atoms with Crippen molar-refractivity contribution in [3.63, 3.8) is 0 Å². The van der Waals surface area contributed by atoms with E-state index in [4.69, 9.17) is 8.94 Å². The summed E-state index contributed by atoms with van der Waals surface area (Å²) >= 11 is 3.31. The first-order chi connectivity index (χ1) is 8.84. The summed E-state index contributed by atoms with van der Waals surface area (Å²) in [6.07, 6.45) is 6.34. The summed E-state index contributed by atoms with van der Waals surface area (Å²) in [5.41, 5.74) is 0.794. The van der Waals surface area contributed by atoms with Gasteiger partial charge in [0.25, 0.3) is 5.89 Å². The van der Waals surface area contributed by atoms with Crippen molar-refractivity contribution in [1.82, 2.24) is 15.5 Å². The summed E-state index contributed by atoms with van der Waals surface area (Å²) < 4.78 is 11.1. The van der Waals surface area contributed by atoms with Gasteiger partial charge in [-0.3, -0.25) is 0 Å². The molecule has 0 aromatic carbocycles. The molecule has 3 heterocycles. The maximum Gasteiger partial charge on any atom is 0.262 e. The predicted octanol–water partition coefficient (Wildman–Crippen LogP) is 3.30. The molecule has 96 valence electrons. The van der Waals surface area contributed by atoms with Crippen LogP contribution in [0.4, 0.5) is 0 Å². The number of nitrogens with zero attached hydrogens (tertiary/aromatic N) is 2. The second kappa shape index (κ2) is 5.24. The monoisotopic (exact) mass is 311 g/mol. The van der Waals surface area contributed by atoms with Crippen molar-refractivity contribution < 1.29 is 8.94 Å². The molecule has 1 fully saturated rings. The van der Waals surface area contributed by atoms with Gasteiger partial charge >= 0.3 is 0 Å². The highest BCUT2D eigenvalue weighted by atomic mass is 79.9. The van der Waals surface area contributed by atoms with E-state index in [1.54, 1.807) is 6.26 Å². The van der Waals surface area contributed by atoms with Crippen molar-refractivity contribution in [2.45, 2.75) is 31.7 Å². The highest BCUT2D eigenvalue weighted by Gasteiger charge is 2.21. The lowest BCUT2D eigenvalue weighted by atomic mass is 10.1. The quantitative estimate of drug-likeness (QED) is 0.922. The summed E-state index contributed by atoms with van der Waals surface area (Å²) in [7, 11) is 0. The molecule has 2 aromatic heterocycles. The molecular formula is C12H14BrN3O2. The molecule has 1 unspecified atom stereocenters. The molecule has 2 aromatic rings. The van der Waals surface area contributed by atoms with E-state index in [-0.39, 0.29) is 6.04 Å². The van der Waals surface area contributed by atoms with Crippen LogP contribution in [0.3, 0.4) is 0 Å². The van der Waals surface area contributed by atoms with Gasteiger partial charge in [0, 0.05) is 0 Å². The first kappa shape index (κ1) is 11.9.